The molecule has 0 spiro atoms. The molecule has 8 nitrogen and oxygen atoms in total. The van der Waals surface area contributed by atoms with E-state index in [2.05, 4.69) is 25.1 Å². The van der Waals surface area contributed by atoms with Gasteiger partial charge in [0.05, 0.1) is 24.1 Å². The fourth-order valence-electron chi connectivity index (χ4n) is 4.52. The minimum Gasteiger partial charge on any atom is -0.334 e. The number of rotatable bonds is 3. The molecular weight excluding hydrogens is 354 g/mol. The maximum atomic E-state index is 12.8. The topological polar surface area (TPSA) is 80.3 Å². The molecule has 0 radical (unpaired) electrons. The second kappa shape index (κ2) is 6.92. The van der Waals surface area contributed by atoms with Gasteiger partial charge in [-0.15, -0.1) is 10.2 Å². The highest BCUT2D eigenvalue weighted by atomic mass is 16.2. The minimum atomic E-state index is -0.0764. The largest absolute Gasteiger partial charge is 0.334 e. The number of hydrogen-bond acceptors (Lipinski definition) is 4. The van der Waals surface area contributed by atoms with Gasteiger partial charge in [0.1, 0.15) is 5.82 Å². The van der Waals surface area contributed by atoms with Crippen molar-refractivity contribution in [1.82, 2.24) is 34.4 Å². The van der Waals surface area contributed by atoms with Crippen LogP contribution in [-0.2, 0) is 13.1 Å². The van der Waals surface area contributed by atoms with Gasteiger partial charge in [-0.3, -0.25) is 0 Å². The van der Waals surface area contributed by atoms with E-state index in [4.69, 9.17) is 0 Å². The predicted octanol–water partition coefficient (Wildman–Crippen LogP) is 2.87. The molecule has 3 aromatic heterocycles. The maximum Gasteiger partial charge on any atom is 0.318 e. The van der Waals surface area contributed by atoms with Gasteiger partial charge in [-0.1, -0.05) is 18.9 Å². The lowest BCUT2D eigenvalue weighted by molar-refractivity contribution is 0.158. The van der Waals surface area contributed by atoms with Crippen molar-refractivity contribution in [2.45, 2.75) is 57.7 Å². The fourth-order valence-corrected chi connectivity index (χ4v) is 4.52. The molecule has 28 heavy (non-hydrogen) atoms. The van der Waals surface area contributed by atoms with Crippen molar-refractivity contribution in [2.75, 3.05) is 6.54 Å². The van der Waals surface area contributed by atoms with E-state index in [0.29, 0.717) is 19.0 Å². The lowest BCUT2D eigenvalue weighted by Gasteiger charge is -2.34. The summed E-state index contributed by atoms with van der Waals surface area (Å²) in [7, 11) is 0. The van der Waals surface area contributed by atoms with Crippen LogP contribution in [-0.4, -0.2) is 41.6 Å². The molecule has 0 bridgehead atoms. The van der Waals surface area contributed by atoms with E-state index < -0.39 is 0 Å². The van der Waals surface area contributed by atoms with Crippen LogP contribution < -0.4 is 5.32 Å². The van der Waals surface area contributed by atoms with E-state index in [-0.39, 0.29) is 12.1 Å². The first kappa shape index (κ1) is 17.2. The summed E-state index contributed by atoms with van der Waals surface area (Å²) in [4.78, 5) is 18.8. The summed E-state index contributed by atoms with van der Waals surface area (Å²) in [6, 6.07) is 3.88. The normalized spacial score (nSPS) is 19.9. The quantitative estimate of drug-likeness (QED) is 0.759. The standard InChI is InChI=1S/C20H25N7O/c1-14-18-23-24-19(16-4-2-3-5-16)27(18)9-8-26(14)20(28)22-10-15-6-7-17-11-21-13-25(17)12-15/h6-7,11-14,16H,2-5,8-10H2,1H3,(H,22,28)/t14-/m0/s1. The molecule has 8 heteroatoms. The molecule has 1 saturated carbocycles. The van der Waals surface area contributed by atoms with E-state index in [9.17, 15) is 4.79 Å². The molecule has 1 N–H and O–H groups in total. The van der Waals surface area contributed by atoms with E-state index in [0.717, 1.165) is 29.3 Å². The second-order valence-electron chi connectivity index (χ2n) is 7.84. The molecule has 3 aromatic rings. The van der Waals surface area contributed by atoms with Crippen molar-refractivity contribution in [1.29, 1.82) is 0 Å². The number of urea groups is 1. The molecule has 146 valence electrons. The summed E-state index contributed by atoms with van der Waals surface area (Å²) >= 11 is 0. The van der Waals surface area contributed by atoms with Crippen LogP contribution in [0.1, 0.15) is 61.8 Å². The summed E-state index contributed by atoms with van der Waals surface area (Å²) in [6.45, 7) is 3.97. The first-order valence-electron chi connectivity index (χ1n) is 10.1. The molecule has 0 saturated heterocycles. The molecule has 4 heterocycles. The van der Waals surface area contributed by atoms with Crippen LogP contribution in [0.5, 0.6) is 0 Å². The smallest absolute Gasteiger partial charge is 0.318 e. The fraction of sp³-hybridized carbons (Fsp3) is 0.500. The van der Waals surface area contributed by atoms with Gasteiger partial charge in [-0.05, 0) is 31.4 Å². The third-order valence-electron chi connectivity index (χ3n) is 6.11. The number of hydrogen-bond donors (Lipinski definition) is 1. The molecule has 1 fully saturated rings. The van der Waals surface area contributed by atoms with Gasteiger partial charge in [-0.2, -0.15) is 0 Å². The SMILES string of the molecule is C[C@H]1c2nnc(C3CCCC3)n2CCN1C(=O)NCc1ccc2cncn2c1. The Morgan fingerprint density at radius 3 is 2.86 bits per heavy atom. The number of fused-ring (bicyclic) bond motifs is 2. The predicted molar refractivity (Wildman–Crippen MR) is 104 cm³/mol. The van der Waals surface area contributed by atoms with E-state index >= 15 is 0 Å². The minimum absolute atomic E-state index is 0.0603. The molecule has 0 aromatic carbocycles. The first-order valence-corrected chi connectivity index (χ1v) is 10.1. The Hall–Kier alpha value is -2.90. The number of amides is 2. The molecule has 2 aliphatic rings. The Bertz CT molecular complexity index is 1000. The Morgan fingerprint density at radius 2 is 2.00 bits per heavy atom. The third kappa shape index (κ3) is 2.93. The zero-order valence-electron chi connectivity index (χ0n) is 16.1. The van der Waals surface area contributed by atoms with Gasteiger partial charge in [0.15, 0.2) is 5.82 Å². The Kier molecular flexibility index (Phi) is 4.26. The molecule has 1 aliphatic carbocycles. The van der Waals surface area contributed by atoms with Crippen LogP contribution >= 0.6 is 0 Å². The highest BCUT2D eigenvalue weighted by Crippen LogP contribution is 2.35. The molecule has 2 amide bonds. The monoisotopic (exact) mass is 379 g/mol. The zero-order valence-corrected chi connectivity index (χ0v) is 16.1. The van der Waals surface area contributed by atoms with Crippen molar-refractivity contribution in [3.63, 3.8) is 0 Å². The molecule has 1 atom stereocenters. The summed E-state index contributed by atoms with van der Waals surface area (Å²) < 4.78 is 4.20. The van der Waals surface area contributed by atoms with Crippen molar-refractivity contribution < 1.29 is 4.79 Å². The average molecular weight is 379 g/mol. The van der Waals surface area contributed by atoms with Crippen molar-refractivity contribution >= 4 is 11.5 Å². The van der Waals surface area contributed by atoms with Crippen LogP contribution in [0.4, 0.5) is 4.79 Å². The van der Waals surface area contributed by atoms with Crippen molar-refractivity contribution in [2.24, 2.45) is 0 Å². The van der Waals surface area contributed by atoms with Crippen LogP contribution in [0.25, 0.3) is 5.52 Å². The number of aromatic nitrogens is 5. The van der Waals surface area contributed by atoms with E-state index in [1.54, 1.807) is 6.33 Å². The number of imidazole rings is 1. The van der Waals surface area contributed by atoms with Crippen LogP contribution in [0.15, 0.2) is 30.9 Å². The van der Waals surface area contributed by atoms with Crippen LogP contribution in [0.2, 0.25) is 0 Å². The van der Waals surface area contributed by atoms with Gasteiger partial charge in [0.2, 0.25) is 0 Å². The van der Waals surface area contributed by atoms with Gasteiger partial charge in [-0.25, -0.2) is 9.78 Å². The zero-order chi connectivity index (χ0) is 19.1. The van der Waals surface area contributed by atoms with Crippen molar-refractivity contribution in [3.8, 4) is 0 Å². The second-order valence-corrected chi connectivity index (χ2v) is 7.84. The summed E-state index contributed by atoms with van der Waals surface area (Å²) in [5.41, 5.74) is 2.08. The highest BCUT2D eigenvalue weighted by Gasteiger charge is 2.33. The number of pyridine rings is 1. The average Bonchev–Trinajstić information content (AvgIpc) is 3.45. The molecule has 1 aliphatic heterocycles. The first-order chi connectivity index (χ1) is 13.7. The lowest BCUT2D eigenvalue weighted by atomic mass is 10.1. The van der Waals surface area contributed by atoms with Gasteiger partial charge >= 0.3 is 6.03 Å². The Balaban J connectivity index is 1.27. The molecular formula is C20H25N7O. The van der Waals surface area contributed by atoms with Crippen molar-refractivity contribution in [3.05, 3.63) is 48.1 Å². The lowest BCUT2D eigenvalue weighted by Crippen LogP contribution is -2.46. The Morgan fingerprint density at radius 1 is 1.18 bits per heavy atom. The summed E-state index contributed by atoms with van der Waals surface area (Å²) in [6.07, 6.45) is 10.5. The summed E-state index contributed by atoms with van der Waals surface area (Å²) in [5, 5.41) is 12.0. The maximum absolute atomic E-state index is 12.8. The van der Waals surface area contributed by atoms with E-state index in [1.165, 1.54) is 25.7 Å². The highest BCUT2D eigenvalue weighted by molar-refractivity contribution is 5.74. The number of carbonyl (C=O) groups is 1. The number of carbonyl (C=O) groups excluding carboxylic acids is 1. The van der Waals surface area contributed by atoms with Crippen LogP contribution in [0.3, 0.4) is 0 Å². The number of nitrogens with one attached hydrogen (secondary N) is 1. The van der Waals surface area contributed by atoms with Gasteiger partial charge in [0.25, 0.3) is 0 Å². The van der Waals surface area contributed by atoms with Gasteiger partial charge in [0, 0.05) is 31.7 Å². The van der Waals surface area contributed by atoms with Gasteiger partial charge < -0.3 is 19.2 Å². The van der Waals surface area contributed by atoms with E-state index in [1.807, 2.05) is 40.8 Å². The third-order valence-corrected chi connectivity index (χ3v) is 6.11. The Labute approximate surface area is 163 Å². The molecule has 0 unspecified atom stereocenters. The summed E-state index contributed by atoms with van der Waals surface area (Å²) in [5.74, 6) is 2.56. The number of nitrogens with zero attached hydrogens (tertiary/aromatic N) is 6. The molecule has 5 rings (SSSR count). The van der Waals surface area contributed by atoms with Crippen LogP contribution in [0, 0.1) is 0 Å².